The van der Waals surface area contributed by atoms with E-state index in [1.807, 2.05) is 0 Å². The largest absolute Gasteiger partial charge is 0.378 e. The van der Waals surface area contributed by atoms with E-state index < -0.39 is 0 Å². The van der Waals surface area contributed by atoms with E-state index in [0.29, 0.717) is 6.10 Å². The molecule has 0 saturated carbocycles. The fraction of sp³-hybridized carbons (Fsp3) is 1.00. The maximum absolute atomic E-state index is 5.69. The second kappa shape index (κ2) is 10.1. The molecular formula is C13H28N2O. The molecule has 0 amide bonds. The molecule has 3 heteroatoms. The Labute approximate surface area is 100 Å². The van der Waals surface area contributed by atoms with Crippen LogP contribution < -0.4 is 10.6 Å². The standard InChI is InChI=1S/C13H28N2O/c1-2-8-14-9-5-10-15-11-7-13-6-3-4-12-16-13/h13-15H,2-12H2,1H3. The van der Waals surface area contributed by atoms with Crippen LogP contribution in [0.5, 0.6) is 0 Å². The zero-order chi connectivity index (χ0) is 11.5. The molecule has 0 aromatic heterocycles. The van der Waals surface area contributed by atoms with Crippen LogP contribution in [-0.2, 0) is 4.74 Å². The van der Waals surface area contributed by atoms with Gasteiger partial charge in [-0.15, -0.1) is 0 Å². The minimum atomic E-state index is 0.527. The molecule has 0 aromatic carbocycles. The summed E-state index contributed by atoms with van der Waals surface area (Å²) in [5, 5.41) is 6.90. The SMILES string of the molecule is CCCNCCCNCCC1CCCCO1. The lowest BCUT2D eigenvalue weighted by Gasteiger charge is -2.22. The molecule has 0 aromatic rings. The van der Waals surface area contributed by atoms with Crippen LogP contribution in [-0.4, -0.2) is 38.9 Å². The number of nitrogens with one attached hydrogen (secondary N) is 2. The molecule has 2 N–H and O–H groups in total. The van der Waals surface area contributed by atoms with Gasteiger partial charge in [0.15, 0.2) is 0 Å². The van der Waals surface area contributed by atoms with Crippen molar-refractivity contribution in [2.45, 2.75) is 51.6 Å². The predicted molar refractivity (Wildman–Crippen MR) is 68.9 cm³/mol. The molecule has 1 aliphatic rings. The highest BCUT2D eigenvalue weighted by Crippen LogP contribution is 2.14. The van der Waals surface area contributed by atoms with Crippen molar-refractivity contribution >= 4 is 0 Å². The zero-order valence-corrected chi connectivity index (χ0v) is 10.8. The van der Waals surface area contributed by atoms with Gasteiger partial charge in [0, 0.05) is 6.61 Å². The highest BCUT2D eigenvalue weighted by atomic mass is 16.5. The third-order valence-corrected chi connectivity index (χ3v) is 3.05. The quantitative estimate of drug-likeness (QED) is 0.592. The molecule has 1 aliphatic heterocycles. The zero-order valence-electron chi connectivity index (χ0n) is 10.8. The molecule has 1 atom stereocenters. The van der Waals surface area contributed by atoms with Gasteiger partial charge in [-0.3, -0.25) is 0 Å². The van der Waals surface area contributed by atoms with Gasteiger partial charge in [-0.2, -0.15) is 0 Å². The van der Waals surface area contributed by atoms with Crippen LogP contribution in [0.3, 0.4) is 0 Å². The van der Waals surface area contributed by atoms with Gasteiger partial charge in [0.1, 0.15) is 0 Å². The van der Waals surface area contributed by atoms with Crippen molar-refractivity contribution in [3.8, 4) is 0 Å². The highest BCUT2D eigenvalue weighted by molar-refractivity contribution is 4.65. The molecule has 0 bridgehead atoms. The normalized spacial score (nSPS) is 21.2. The van der Waals surface area contributed by atoms with E-state index in [0.717, 1.165) is 32.8 Å². The Balaban J connectivity index is 1.77. The molecule has 1 fully saturated rings. The molecule has 1 unspecified atom stereocenters. The Kier molecular flexibility index (Phi) is 8.77. The summed E-state index contributed by atoms with van der Waals surface area (Å²) in [6.07, 6.45) is 8.04. The van der Waals surface area contributed by atoms with Crippen molar-refractivity contribution in [1.29, 1.82) is 0 Å². The van der Waals surface area contributed by atoms with Crippen molar-refractivity contribution in [1.82, 2.24) is 10.6 Å². The van der Waals surface area contributed by atoms with Crippen LogP contribution in [0.2, 0.25) is 0 Å². The van der Waals surface area contributed by atoms with Crippen LogP contribution in [0.4, 0.5) is 0 Å². The highest BCUT2D eigenvalue weighted by Gasteiger charge is 2.12. The van der Waals surface area contributed by atoms with Gasteiger partial charge in [0.05, 0.1) is 6.10 Å². The van der Waals surface area contributed by atoms with Crippen LogP contribution in [0, 0.1) is 0 Å². The summed E-state index contributed by atoms with van der Waals surface area (Å²) in [6.45, 7) is 7.71. The summed E-state index contributed by atoms with van der Waals surface area (Å²) >= 11 is 0. The summed E-state index contributed by atoms with van der Waals surface area (Å²) in [7, 11) is 0. The average molecular weight is 228 g/mol. The van der Waals surface area contributed by atoms with Gasteiger partial charge in [0.2, 0.25) is 0 Å². The number of rotatable bonds is 9. The van der Waals surface area contributed by atoms with Crippen LogP contribution in [0.25, 0.3) is 0 Å². The Morgan fingerprint density at radius 3 is 2.56 bits per heavy atom. The molecule has 1 heterocycles. The van der Waals surface area contributed by atoms with E-state index in [1.165, 1.54) is 38.5 Å². The van der Waals surface area contributed by atoms with Gasteiger partial charge in [-0.1, -0.05) is 6.92 Å². The number of hydrogen-bond acceptors (Lipinski definition) is 3. The van der Waals surface area contributed by atoms with Crippen molar-refractivity contribution in [3.63, 3.8) is 0 Å². The molecule has 16 heavy (non-hydrogen) atoms. The number of ether oxygens (including phenoxy) is 1. The third kappa shape index (κ3) is 7.20. The minimum absolute atomic E-state index is 0.527. The first-order chi connectivity index (χ1) is 7.93. The molecule has 1 saturated heterocycles. The third-order valence-electron chi connectivity index (χ3n) is 3.05. The lowest BCUT2D eigenvalue weighted by atomic mass is 10.1. The lowest BCUT2D eigenvalue weighted by molar-refractivity contribution is 0.0116. The first-order valence-electron chi connectivity index (χ1n) is 6.96. The van der Waals surface area contributed by atoms with E-state index in [2.05, 4.69) is 17.6 Å². The van der Waals surface area contributed by atoms with Gasteiger partial charge < -0.3 is 15.4 Å². The minimum Gasteiger partial charge on any atom is -0.378 e. The van der Waals surface area contributed by atoms with Gasteiger partial charge in [-0.25, -0.2) is 0 Å². The summed E-state index contributed by atoms with van der Waals surface area (Å²) in [5.74, 6) is 0. The summed E-state index contributed by atoms with van der Waals surface area (Å²) in [5.41, 5.74) is 0. The molecule has 0 radical (unpaired) electrons. The second-order valence-corrected chi connectivity index (χ2v) is 4.63. The van der Waals surface area contributed by atoms with E-state index in [9.17, 15) is 0 Å². The smallest absolute Gasteiger partial charge is 0.0587 e. The van der Waals surface area contributed by atoms with Gasteiger partial charge in [0.25, 0.3) is 0 Å². The Morgan fingerprint density at radius 2 is 1.88 bits per heavy atom. The maximum Gasteiger partial charge on any atom is 0.0587 e. The fourth-order valence-electron chi connectivity index (χ4n) is 2.06. The van der Waals surface area contributed by atoms with Crippen LogP contribution in [0.1, 0.15) is 45.4 Å². The van der Waals surface area contributed by atoms with Gasteiger partial charge in [-0.05, 0) is 64.7 Å². The van der Waals surface area contributed by atoms with E-state index in [1.54, 1.807) is 0 Å². The summed E-state index contributed by atoms with van der Waals surface area (Å²) < 4.78 is 5.69. The van der Waals surface area contributed by atoms with Crippen LogP contribution in [0.15, 0.2) is 0 Å². The molecule has 0 aliphatic carbocycles. The first-order valence-corrected chi connectivity index (χ1v) is 6.96. The monoisotopic (exact) mass is 228 g/mol. The maximum atomic E-state index is 5.69. The molecule has 1 rings (SSSR count). The molecule has 96 valence electrons. The van der Waals surface area contributed by atoms with E-state index >= 15 is 0 Å². The molecule has 3 nitrogen and oxygen atoms in total. The topological polar surface area (TPSA) is 33.3 Å². The van der Waals surface area contributed by atoms with E-state index in [-0.39, 0.29) is 0 Å². The predicted octanol–water partition coefficient (Wildman–Crippen LogP) is 1.92. The van der Waals surface area contributed by atoms with Crippen molar-refractivity contribution in [2.24, 2.45) is 0 Å². The molecule has 0 spiro atoms. The summed E-state index contributed by atoms with van der Waals surface area (Å²) in [4.78, 5) is 0. The van der Waals surface area contributed by atoms with Crippen molar-refractivity contribution in [2.75, 3.05) is 32.8 Å². The van der Waals surface area contributed by atoms with E-state index in [4.69, 9.17) is 4.74 Å². The Bertz CT molecular complexity index is 147. The average Bonchev–Trinajstić information content (AvgIpc) is 2.34. The second-order valence-electron chi connectivity index (χ2n) is 4.63. The van der Waals surface area contributed by atoms with Crippen LogP contribution >= 0.6 is 0 Å². The fourth-order valence-corrected chi connectivity index (χ4v) is 2.06. The molecular weight excluding hydrogens is 200 g/mol. The van der Waals surface area contributed by atoms with Crippen molar-refractivity contribution < 1.29 is 4.74 Å². The van der Waals surface area contributed by atoms with Crippen molar-refractivity contribution in [3.05, 3.63) is 0 Å². The Hall–Kier alpha value is -0.120. The summed E-state index contributed by atoms with van der Waals surface area (Å²) in [6, 6.07) is 0. The first kappa shape index (κ1) is 13.9. The Morgan fingerprint density at radius 1 is 1.06 bits per heavy atom. The number of hydrogen-bond donors (Lipinski definition) is 2. The van der Waals surface area contributed by atoms with Gasteiger partial charge >= 0.3 is 0 Å². The lowest BCUT2D eigenvalue weighted by Crippen LogP contribution is -2.27.